The standard InChI is InChI=1S/C16H17BrN2O2/c1-21-15-9-12(17)8-14(10-15)19-16(20)7-4-11-2-5-13(18)6-3-11/h2-3,5-6,8-10H,4,7,18H2,1H3,(H,19,20). The fourth-order valence-electron chi connectivity index (χ4n) is 1.92. The average molecular weight is 349 g/mol. The van der Waals surface area contributed by atoms with Crippen molar-refractivity contribution in [1.82, 2.24) is 0 Å². The molecule has 0 bridgehead atoms. The van der Waals surface area contributed by atoms with Crippen LogP contribution in [0.4, 0.5) is 11.4 Å². The fourth-order valence-corrected chi connectivity index (χ4v) is 2.39. The van der Waals surface area contributed by atoms with E-state index in [9.17, 15) is 4.79 Å². The van der Waals surface area contributed by atoms with E-state index in [0.29, 0.717) is 24.3 Å². The van der Waals surface area contributed by atoms with Crippen molar-refractivity contribution in [3.05, 3.63) is 52.5 Å². The van der Waals surface area contributed by atoms with Crippen molar-refractivity contribution in [3.8, 4) is 5.75 Å². The first-order valence-corrected chi connectivity index (χ1v) is 7.35. The van der Waals surface area contributed by atoms with Gasteiger partial charge in [-0.15, -0.1) is 0 Å². The van der Waals surface area contributed by atoms with E-state index in [1.54, 1.807) is 13.2 Å². The summed E-state index contributed by atoms with van der Waals surface area (Å²) in [5.74, 6) is 0.658. The average Bonchev–Trinajstić information content (AvgIpc) is 2.46. The Balaban J connectivity index is 1.92. The van der Waals surface area contributed by atoms with Gasteiger partial charge >= 0.3 is 0 Å². The molecular weight excluding hydrogens is 332 g/mol. The molecule has 0 spiro atoms. The molecule has 3 N–H and O–H groups in total. The van der Waals surface area contributed by atoms with Crippen LogP contribution < -0.4 is 15.8 Å². The molecule has 1 amide bonds. The van der Waals surface area contributed by atoms with Crippen molar-refractivity contribution in [2.24, 2.45) is 0 Å². The summed E-state index contributed by atoms with van der Waals surface area (Å²) in [7, 11) is 1.59. The molecule has 4 nitrogen and oxygen atoms in total. The van der Waals surface area contributed by atoms with Crippen LogP contribution in [-0.4, -0.2) is 13.0 Å². The number of benzene rings is 2. The highest BCUT2D eigenvalue weighted by molar-refractivity contribution is 9.10. The number of halogens is 1. The number of anilines is 2. The fraction of sp³-hybridized carbons (Fsp3) is 0.188. The molecule has 0 heterocycles. The van der Waals surface area contributed by atoms with Crippen LogP contribution in [0.3, 0.4) is 0 Å². The third-order valence-electron chi connectivity index (χ3n) is 3.01. The molecule has 0 unspecified atom stereocenters. The van der Waals surface area contributed by atoms with Gasteiger partial charge in [0.05, 0.1) is 7.11 Å². The van der Waals surface area contributed by atoms with Crippen molar-refractivity contribution in [3.63, 3.8) is 0 Å². The second-order valence-corrected chi connectivity index (χ2v) is 5.59. The van der Waals surface area contributed by atoms with Gasteiger partial charge in [-0.05, 0) is 36.2 Å². The highest BCUT2D eigenvalue weighted by Gasteiger charge is 2.05. The number of nitrogen functional groups attached to an aromatic ring is 1. The first-order chi connectivity index (χ1) is 10.1. The highest BCUT2D eigenvalue weighted by Crippen LogP contribution is 2.24. The van der Waals surface area contributed by atoms with E-state index in [1.165, 1.54) is 0 Å². The minimum Gasteiger partial charge on any atom is -0.497 e. The van der Waals surface area contributed by atoms with Crippen molar-refractivity contribution in [2.75, 3.05) is 18.2 Å². The molecule has 5 heteroatoms. The van der Waals surface area contributed by atoms with E-state index in [-0.39, 0.29) is 5.91 Å². The number of carbonyl (C=O) groups is 1. The van der Waals surface area contributed by atoms with Gasteiger partial charge < -0.3 is 15.8 Å². The van der Waals surface area contributed by atoms with Gasteiger partial charge in [0.25, 0.3) is 0 Å². The second-order valence-electron chi connectivity index (χ2n) is 4.67. The van der Waals surface area contributed by atoms with Crippen LogP contribution in [0.1, 0.15) is 12.0 Å². The minimum atomic E-state index is -0.0352. The molecule has 0 atom stereocenters. The number of carbonyl (C=O) groups excluding carboxylic acids is 1. The van der Waals surface area contributed by atoms with Gasteiger partial charge in [0.15, 0.2) is 0 Å². The van der Waals surface area contributed by atoms with Crippen LogP contribution in [-0.2, 0) is 11.2 Å². The van der Waals surface area contributed by atoms with Crippen LogP contribution in [0.15, 0.2) is 46.9 Å². The first kappa shape index (κ1) is 15.4. The van der Waals surface area contributed by atoms with Gasteiger partial charge in [-0.1, -0.05) is 28.1 Å². The molecule has 0 saturated heterocycles. The van der Waals surface area contributed by atoms with Crippen LogP contribution in [0.2, 0.25) is 0 Å². The number of ether oxygens (including phenoxy) is 1. The van der Waals surface area contributed by atoms with Gasteiger partial charge in [0, 0.05) is 28.3 Å². The maximum Gasteiger partial charge on any atom is 0.224 e. The van der Waals surface area contributed by atoms with Crippen molar-refractivity contribution in [1.29, 1.82) is 0 Å². The molecule has 2 aromatic carbocycles. The second kappa shape index (κ2) is 7.13. The normalized spacial score (nSPS) is 10.2. The molecule has 0 radical (unpaired) electrons. The molecule has 2 rings (SSSR count). The smallest absolute Gasteiger partial charge is 0.224 e. The summed E-state index contributed by atoms with van der Waals surface area (Å²) < 4.78 is 6.02. The largest absolute Gasteiger partial charge is 0.497 e. The van der Waals surface area contributed by atoms with E-state index in [1.807, 2.05) is 36.4 Å². The number of hydrogen-bond acceptors (Lipinski definition) is 3. The minimum absolute atomic E-state index is 0.0352. The summed E-state index contributed by atoms with van der Waals surface area (Å²) in [6, 6.07) is 13.0. The van der Waals surface area contributed by atoms with Crippen LogP contribution in [0.25, 0.3) is 0 Å². The van der Waals surface area contributed by atoms with Crippen molar-refractivity contribution in [2.45, 2.75) is 12.8 Å². The zero-order valence-corrected chi connectivity index (χ0v) is 13.3. The van der Waals surface area contributed by atoms with E-state index >= 15 is 0 Å². The van der Waals surface area contributed by atoms with E-state index in [2.05, 4.69) is 21.2 Å². The maximum absolute atomic E-state index is 12.0. The molecule has 110 valence electrons. The van der Waals surface area contributed by atoms with Gasteiger partial charge in [-0.2, -0.15) is 0 Å². The molecule has 0 fully saturated rings. The Morgan fingerprint density at radius 1 is 1.24 bits per heavy atom. The molecule has 0 aliphatic carbocycles. The van der Waals surface area contributed by atoms with Crippen LogP contribution in [0, 0.1) is 0 Å². The molecule has 2 aromatic rings. The summed E-state index contributed by atoms with van der Waals surface area (Å²) in [5.41, 5.74) is 8.16. The number of methoxy groups -OCH3 is 1. The Bertz CT molecular complexity index is 627. The van der Waals surface area contributed by atoms with Gasteiger partial charge in [0.1, 0.15) is 5.75 Å². The Labute approximate surface area is 132 Å². The summed E-state index contributed by atoms with van der Waals surface area (Å²) in [4.78, 5) is 12.0. The van der Waals surface area contributed by atoms with E-state index < -0.39 is 0 Å². The van der Waals surface area contributed by atoms with Crippen LogP contribution >= 0.6 is 15.9 Å². The monoisotopic (exact) mass is 348 g/mol. The maximum atomic E-state index is 12.0. The number of amides is 1. The quantitative estimate of drug-likeness (QED) is 0.811. The van der Waals surface area contributed by atoms with E-state index in [0.717, 1.165) is 15.7 Å². The van der Waals surface area contributed by atoms with Gasteiger partial charge in [0.2, 0.25) is 5.91 Å². The third kappa shape index (κ3) is 4.79. The van der Waals surface area contributed by atoms with E-state index in [4.69, 9.17) is 10.5 Å². The summed E-state index contributed by atoms with van der Waals surface area (Å²) in [6.07, 6.45) is 1.09. The molecule has 0 aromatic heterocycles. The first-order valence-electron chi connectivity index (χ1n) is 6.55. The Hall–Kier alpha value is -2.01. The SMILES string of the molecule is COc1cc(Br)cc(NC(=O)CCc2ccc(N)cc2)c1. The number of hydrogen-bond donors (Lipinski definition) is 2. The lowest BCUT2D eigenvalue weighted by atomic mass is 10.1. The topological polar surface area (TPSA) is 64.3 Å². The third-order valence-corrected chi connectivity index (χ3v) is 3.47. The Morgan fingerprint density at radius 2 is 1.95 bits per heavy atom. The molecule has 0 saturated carbocycles. The summed E-state index contributed by atoms with van der Waals surface area (Å²) in [5, 5.41) is 2.87. The Kier molecular flexibility index (Phi) is 5.22. The molecule has 0 aliphatic heterocycles. The molecule has 21 heavy (non-hydrogen) atoms. The lowest BCUT2D eigenvalue weighted by Gasteiger charge is -2.08. The number of nitrogens with one attached hydrogen (secondary N) is 1. The van der Waals surface area contributed by atoms with Crippen LogP contribution in [0.5, 0.6) is 5.75 Å². The number of nitrogens with two attached hydrogens (primary N) is 1. The van der Waals surface area contributed by atoms with Gasteiger partial charge in [-0.25, -0.2) is 0 Å². The number of aryl methyl sites for hydroxylation is 1. The molecule has 0 aliphatic rings. The lowest BCUT2D eigenvalue weighted by molar-refractivity contribution is -0.116. The van der Waals surface area contributed by atoms with Gasteiger partial charge in [-0.3, -0.25) is 4.79 Å². The Morgan fingerprint density at radius 3 is 2.62 bits per heavy atom. The lowest BCUT2D eigenvalue weighted by Crippen LogP contribution is -2.12. The highest BCUT2D eigenvalue weighted by atomic mass is 79.9. The summed E-state index contributed by atoms with van der Waals surface area (Å²) >= 11 is 3.38. The molecular formula is C16H17BrN2O2. The zero-order valence-electron chi connectivity index (χ0n) is 11.7. The summed E-state index contributed by atoms with van der Waals surface area (Å²) in [6.45, 7) is 0. The predicted molar refractivity (Wildman–Crippen MR) is 88.5 cm³/mol. The van der Waals surface area contributed by atoms with Crippen molar-refractivity contribution < 1.29 is 9.53 Å². The number of rotatable bonds is 5. The van der Waals surface area contributed by atoms with Crippen molar-refractivity contribution >= 4 is 33.2 Å². The zero-order chi connectivity index (χ0) is 15.2. The predicted octanol–water partition coefficient (Wildman–Crippen LogP) is 3.61.